The van der Waals surface area contributed by atoms with E-state index in [1.165, 1.54) is 22.5 Å². The van der Waals surface area contributed by atoms with Crippen molar-refractivity contribution in [1.29, 1.82) is 0 Å². The first-order valence-corrected chi connectivity index (χ1v) is 8.39. The van der Waals surface area contributed by atoms with E-state index in [-0.39, 0.29) is 0 Å². The van der Waals surface area contributed by atoms with Gasteiger partial charge < -0.3 is 5.84 Å². The zero-order valence-corrected chi connectivity index (χ0v) is 14.1. The molecule has 0 aliphatic heterocycles. The number of thioether (sulfide) groups is 1. The highest BCUT2D eigenvalue weighted by molar-refractivity contribution is 7.98. The summed E-state index contributed by atoms with van der Waals surface area (Å²) in [4.78, 5) is 0. The second kappa shape index (κ2) is 6.79. The average Bonchev–Trinajstić information content (AvgIpc) is 2.93. The molecular formula is C17H15F3N4S. The standard InChI is InChI=1S/C17H15F3N4S/c1-11-4-2-6-13(8-11)15-22-23-16(24(15)21)25-10-12-5-3-7-14(9-12)17(18,19)20/h2-9H,10,21H2,1H3. The third-order valence-corrected chi connectivity index (χ3v) is 4.58. The van der Waals surface area contributed by atoms with Crippen LogP contribution in [0.1, 0.15) is 16.7 Å². The Morgan fingerprint density at radius 2 is 1.84 bits per heavy atom. The molecule has 0 amide bonds. The number of nitrogens with two attached hydrogens (primary N) is 1. The summed E-state index contributed by atoms with van der Waals surface area (Å²) in [6.07, 6.45) is -4.35. The van der Waals surface area contributed by atoms with Crippen LogP contribution in [0.15, 0.2) is 53.7 Å². The molecule has 4 nitrogen and oxygen atoms in total. The van der Waals surface area contributed by atoms with Gasteiger partial charge in [-0.1, -0.05) is 53.7 Å². The Labute approximate surface area is 146 Å². The minimum absolute atomic E-state index is 0.313. The first kappa shape index (κ1) is 17.3. The van der Waals surface area contributed by atoms with Crippen molar-refractivity contribution in [2.75, 3.05) is 5.84 Å². The maximum Gasteiger partial charge on any atom is 0.416 e. The van der Waals surface area contributed by atoms with Crippen LogP contribution in [-0.2, 0) is 11.9 Å². The van der Waals surface area contributed by atoms with Gasteiger partial charge in [0, 0.05) is 11.3 Å². The van der Waals surface area contributed by atoms with Crippen molar-refractivity contribution < 1.29 is 13.2 Å². The number of halogens is 3. The van der Waals surface area contributed by atoms with Crippen molar-refractivity contribution in [2.24, 2.45) is 0 Å². The summed E-state index contributed by atoms with van der Waals surface area (Å²) >= 11 is 1.24. The van der Waals surface area contributed by atoms with Gasteiger partial charge in [0.1, 0.15) is 0 Å². The predicted molar refractivity (Wildman–Crippen MR) is 91.4 cm³/mol. The quantitative estimate of drug-likeness (QED) is 0.555. The largest absolute Gasteiger partial charge is 0.416 e. The minimum atomic E-state index is -4.35. The van der Waals surface area contributed by atoms with E-state index in [4.69, 9.17) is 5.84 Å². The lowest BCUT2D eigenvalue weighted by molar-refractivity contribution is -0.137. The van der Waals surface area contributed by atoms with Crippen LogP contribution in [0.4, 0.5) is 13.2 Å². The normalized spacial score (nSPS) is 11.7. The number of nitrogens with zero attached hydrogens (tertiary/aromatic N) is 3. The van der Waals surface area contributed by atoms with Crippen LogP contribution < -0.4 is 5.84 Å². The summed E-state index contributed by atoms with van der Waals surface area (Å²) in [6, 6.07) is 12.9. The summed E-state index contributed by atoms with van der Waals surface area (Å²) in [6.45, 7) is 1.96. The highest BCUT2D eigenvalue weighted by atomic mass is 32.2. The van der Waals surface area contributed by atoms with Gasteiger partial charge >= 0.3 is 6.18 Å². The van der Waals surface area contributed by atoms with Gasteiger partial charge in [0.2, 0.25) is 5.16 Å². The van der Waals surface area contributed by atoms with Gasteiger partial charge in [-0.3, -0.25) is 0 Å². The molecule has 0 aliphatic carbocycles. The molecule has 130 valence electrons. The summed E-state index contributed by atoms with van der Waals surface area (Å²) in [5.74, 6) is 6.86. The van der Waals surface area contributed by atoms with E-state index >= 15 is 0 Å². The highest BCUT2D eigenvalue weighted by Gasteiger charge is 2.30. The van der Waals surface area contributed by atoms with Crippen LogP contribution >= 0.6 is 11.8 Å². The molecule has 25 heavy (non-hydrogen) atoms. The average molecular weight is 364 g/mol. The Balaban J connectivity index is 1.77. The first-order chi connectivity index (χ1) is 11.8. The smallest absolute Gasteiger partial charge is 0.335 e. The topological polar surface area (TPSA) is 56.7 Å². The van der Waals surface area contributed by atoms with Crippen LogP contribution in [0, 0.1) is 6.92 Å². The van der Waals surface area contributed by atoms with Crippen LogP contribution in [0.5, 0.6) is 0 Å². The van der Waals surface area contributed by atoms with Crippen molar-refractivity contribution in [3.8, 4) is 11.4 Å². The zero-order chi connectivity index (χ0) is 18.0. The SMILES string of the molecule is Cc1cccc(-c2nnc(SCc3cccc(C(F)(F)F)c3)n2N)c1. The van der Waals surface area contributed by atoms with Crippen molar-refractivity contribution >= 4 is 11.8 Å². The fourth-order valence-electron chi connectivity index (χ4n) is 2.34. The number of aromatic nitrogens is 3. The molecule has 2 N–H and O–H groups in total. The Hall–Kier alpha value is -2.48. The highest BCUT2D eigenvalue weighted by Crippen LogP contribution is 2.31. The van der Waals surface area contributed by atoms with E-state index in [0.29, 0.717) is 22.3 Å². The van der Waals surface area contributed by atoms with E-state index < -0.39 is 11.7 Å². The molecule has 0 spiro atoms. The summed E-state index contributed by atoms with van der Waals surface area (Å²) in [7, 11) is 0. The lowest BCUT2D eigenvalue weighted by Crippen LogP contribution is -2.11. The van der Waals surface area contributed by atoms with Gasteiger partial charge in [-0.25, -0.2) is 4.68 Å². The number of alkyl halides is 3. The monoisotopic (exact) mass is 364 g/mol. The Morgan fingerprint density at radius 3 is 2.56 bits per heavy atom. The third kappa shape index (κ3) is 3.96. The summed E-state index contributed by atoms with van der Waals surface area (Å²) < 4.78 is 39.7. The van der Waals surface area contributed by atoms with Gasteiger partial charge in [-0.05, 0) is 24.6 Å². The molecule has 0 atom stereocenters. The third-order valence-electron chi connectivity index (χ3n) is 3.56. The number of aryl methyl sites for hydroxylation is 1. The number of nitrogen functional groups attached to an aromatic ring is 1. The van der Waals surface area contributed by atoms with Crippen LogP contribution in [0.2, 0.25) is 0 Å². The van der Waals surface area contributed by atoms with Crippen molar-refractivity contribution in [3.05, 3.63) is 65.2 Å². The second-order valence-electron chi connectivity index (χ2n) is 5.53. The van der Waals surface area contributed by atoms with Gasteiger partial charge in [0.05, 0.1) is 5.56 Å². The molecule has 0 saturated heterocycles. The molecule has 0 fully saturated rings. The Morgan fingerprint density at radius 1 is 1.08 bits per heavy atom. The maximum absolute atomic E-state index is 12.8. The summed E-state index contributed by atoms with van der Waals surface area (Å²) in [5, 5.41) is 8.56. The molecule has 0 saturated carbocycles. The van der Waals surface area contributed by atoms with E-state index in [1.54, 1.807) is 6.07 Å². The molecule has 1 heterocycles. The molecule has 1 aromatic heterocycles. The zero-order valence-electron chi connectivity index (χ0n) is 13.3. The van der Waals surface area contributed by atoms with Crippen molar-refractivity contribution in [3.63, 3.8) is 0 Å². The Bertz CT molecular complexity index is 890. The molecular weight excluding hydrogens is 349 g/mol. The van der Waals surface area contributed by atoms with Crippen LogP contribution in [0.25, 0.3) is 11.4 Å². The van der Waals surface area contributed by atoms with Crippen molar-refractivity contribution in [1.82, 2.24) is 14.9 Å². The molecule has 0 unspecified atom stereocenters. The van der Waals surface area contributed by atoms with E-state index in [0.717, 1.165) is 23.3 Å². The molecule has 3 rings (SSSR count). The predicted octanol–water partition coefficient (Wildman–Crippen LogP) is 4.28. The number of hydrogen-bond acceptors (Lipinski definition) is 4. The fraction of sp³-hybridized carbons (Fsp3) is 0.176. The molecule has 0 aliphatic rings. The first-order valence-electron chi connectivity index (χ1n) is 7.41. The lowest BCUT2D eigenvalue weighted by atomic mass is 10.1. The molecule has 0 radical (unpaired) electrons. The van der Waals surface area contributed by atoms with Crippen molar-refractivity contribution in [2.45, 2.75) is 24.0 Å². The molecule has 8 heteroatoms. The Kier molecular flexibility index (Phi) is 4.71. The van der Waals surface area contributed by atoms with E-state index in [9.17, 15) is 13.2 Å². The second-order valence-corrected chi connectivity index (χ2v) is 6.47. The fourth-order valence-corrected chi connectivity index (χ4v) is 3.14. The van der Waals surface area contributed by atoms with Crippen LogP contribution in [0.3, 0.4) is 0 Å². The van der Waals surface area contributed by atoms with Gasteiger partial charge in [-0.2, -0.15) is 13.2 Å². The van der Waals surface area contributed by atoms with E-state index in [2.05, 4.69) is 10.2 Å². The molecule has 2 aromatic carbocycles. The number of rotatable bonds is 4. The number of hydrogen-bond donors (Lipinski definition) is 1. The lowest BCUT2D eigenvalue weighted by Gasteiger charge is -2.08. The number of benzene rings is 2. The minimum Gasteiger partial charge on any atom is -0.335 e. The van der Waals surface area contributed by atoms with E-state index in [1.807, 2.05) is 31.2 Å². The molecule has 0 bridgehead atoms. The van der Waals surface area contributed by atoms with Gasteiger partial charge in [0.25, 0.3) is 0 Å². The molecule has 3 aromatic rings. The maximum atomic E-state index is 12.8. The van der Waals surface area contributed by atoms with Gasteiger partial charge in [-0.15, -0.1) is 10.2 Å². The van der Waals surface area contributed by atoms with Gasteiger partial charge in [0.15, 0.2) is 5.82 Å². The van der Waals surface area contributed by atoms with Crippen LogP contribution in [-0.4, -0.2) is 14.9 Å². The summed E-state index contributed by atoms with van der Waals surface area (Å²) in [5.41, 5.74) is 1.78.